The van der Waals surface area contributed by atoms with Crippen LogP contribution in [0.5, 0.6) is 0 Å². The molecule has 1 atom stereocenters. The lowest BCUT2D eigenvalue weighted by molar-refractivity contribution is -0.155. The Morgan fingerprint density at radius 3 is 2.57 bits per heavy atom. The van der Waals surface area contributed by atoms with E-state index in [1.807, 2.05) is 25.6 Å². The van der Waals surface area contributed by atoms with Crippen LogP contribution in [0.2, 0.25) is 0 Å². The first-order valence-electron chi connectivity index (χ1n) is 7.30. The molecule has 2 heterocycles. The molecule has 0 aliphatic carbocycles. The Bertz CT molecular complexity index is 579. The molecule has 2 rings (SSSR count). The maximum Gasteiger partial charge on any atom is 0.329 e. The molecule has 0 bridgehead atoms. The molecule has 1 aliphatic heterocycles. The molecule has 1 aromatic rings. The third-order valence-corrected chi connectivity index (χ3v) is 4.65. The molecule has 1 saturated heterocycles. The van der Waals surface area contributed by atoms with Crippen molar-refractivity contribution in [3.8, 4) is 0 Å². The van der Waals surface area contributed by atoms with Crippen molar-refractivity contribution in [3.05, 3.63) is 17.0 Å². The van der Waals surface area contributed by atoms with Crippen LogP contribution in [-0.4, -0.2) is 43.7 Å². The van der Waals surface area contributed by atoms with Crippen molar-refractivity contribution in [1.29, 1.82) is 0 Å². The van der Waals surface area contributed by atoms with E-state index in [1.54, 1.807) is 6.92 Å². The average Bonchev–Trinajstić information content (AvgIpc) is 2.91. The predicted molar refractivity (Wildman–Crippen MR) is 78.0 cm³/mol. The van der Waals surface area contributed by atoms with Crippen molar-refractivity contribution >= 4 is 11.9 Å². The summed E-state index contributed by atoms with van der Waals surface area (Å²) >= 11 is 0. The average molecular weight is 293 g/mol. The number of carbonyl (C=O) groups excluding carboxylic acids is 1. The van der Waals surface area contributed by atoms with Crippen LogP contribution in [0.25, 0.3) is 0 Å². The van der Waals surface area contributed by atoms with Gasteiger partial charge in [-0.2, -0.15) is 5.10 Å². The SMILES string of the molecule is Cc1nn(C)c(C)c1CCC(=O)N1CCCC1(C)C(=O)O. The first-order chi connectivity index (χ1) is 9.77. The van der Waals surface area contributed by atoms with Gasteiger partial charge in [0.15, 0.2) is 0 Å². The topological polar surface area (TPSA) is 75.4 Å². The number of aliphatic carboxylic acids is 1. The Kier molecular flexibility index (Phi) is 4.07. The van der Waals surface area contributed by atoms with E-state index in [-0.39, 0.29) is 5.91 Å². The summed E-state index contributed by atoms with van der Waals surface area (Å²) in [6, 6.07) is 0. The van der Waals surface area contributed by atoms with E-state index >= 15 is 0 Å². The molecule has 6 heteroatoms. The Morgan fingerprint density at radius 2 is 2.05 bits per heavy atom. The minimum Gasteiger partial charge on any atom is -0.480 e. The molecule has 6 nitrogen and oxygen atoms in total. The second-order valence-electron chi connectivity index (χ2n) is 6.00. The first kappa shape index (κ1) is 15.5. The normalized spacial score (nSPS) is 21.8. The van der Waals surface area contributed by atoms with E-state index in [0.717, 1.165) is 23.4 Å². The zero-order chi connectivity index (χ0) is 15.8. The van der Waals surface area contributed by atoms with E-state index in [0.29, 0.717) is 25.8 Å². The number of aryl methyl sites for hydroxylation is 2. The van der Waals surface area contributed by atoms with E-state index < -0.39 is 11.5 Å². The van der Waals surface area contributed by atoms with E-state index in [1.165, 1.54) is 4.90 Å². The lowest BCUT2D eigenvalue weighted by Gasteiger charge is -2.31. The summed E-state index contributed by atoms with van der Waals surface area (Å²) in [7, 11) is 1.88. The second kappa shape index (κ2) is 5.50. The molecular formula is C15H23N3O3. The third kappa shape index (κ3) is 2.66. The third-order valence-electron chi connectivity index (χ3n) is 4.65. The zero-order valence-corrected chi connectivity index (χ0v) is 13.1. The summed E-state index contributed by atoms with van der Waals surface area (Å²) in [5.41, 5.74) is 2.03. The van der Waals surface area contributed by atoms with E-state index in [9.17, 15) is 14.7 Å². The van der Waals surface area contributed by atoms with Crippen LogP contribution in [0, 0.1) is 13.8 Å². The van der Waals surface area contributed by atoms with Crippen molar-refractivity contribution in [3.63, 3.8) is 0 Å². The molecule has 1 N–H and O–H groups in total. The maximum absolute atomic E-state index is 12.4. The first-order valence-corrected chi connectivity index (χ1v) is 7.30. The molecule has 116 valence electrons. The van der Waals surface area contributed by atoms with Crippen molar-refractivity contribution in [1.82, 2.24) is 14.7 Å². The Hall–Kier alpha value is -1.85. The fraction of sp³-hybridized carbons (Fsp3) is 0.667. The molecule has 0 radical (unpaired) electrons. The monoisotopic (exact) mass is 293 g/mol. The molecule has 0 spiro atoms. The Balaban J connectivity index is 2.07. The van der Waals surface area contributed by atoms with Crippen LogP contribution in [0.1, 0.15) is 43.1 Å². The van der Waals surface area contributed by atoms with E-state index in [2.05, 4.69) is 5.10 Å². The minimum atomic E-state index is -1.05. The number of hydrogen-bond donors (Lipinski definition) is 1. The van der Waals surface area contributed by atoms with Gasteiger partial charge in [-0.1, -0.05) is 0 Å². The van der Waals surface area contributed by atoms with Gasteiger partial charge < -0.3 is 10.0 Å². The van der Waals surface area contributed by atoms with Crippen molar-refractivity contribution in [2.45, 2.75) is 52.0 Å². The van der Waals surface area contributed by atoms with Gasteiger partial charge in [0.2, 0.25) is 5.91 Å². The molecule has 1 amide bonds. The van der Waals surface area contributed by atoms with Gasteiger partial charge >= 0.3 is 5.97 Å². The standard InChI is InChI=1S/C15H23N3O3/c1-10-12(11(2)17(4)16-10)6-7-13(19)18-9-5-8-15(18,3)14(20)21/h5-9H2,1-4H3,(H,20,21). The molecule has 1 aromatic heterocycles. The van der Waals surface area contributed by atoms with Crippen LogP contribution in [0.3, 0.4) is 0 Å². The quantitative estimate of drug-likeness (QED) is 0.911. The van der Waals surface area contributed by atoms with Crippen LogP contribution in [-0.2, 0) is 23.1 Å². The van der Waals surface area contributed by atoms with Crippen LogP contribution in [0.4, 0.5) is 0 Å². The van der Waals surface area contributed by atoms with Crippen molar-refractivity contribution in [2.75, 3.05) is 6.54 Å². The zero-order valence-electron chi connectivity index (χ0n) is 13.1. The number of aromatic nitrogens is 2. The molecule has 1 fully saturated rings. The largest absolute Gasteiger partial charge is 0.480 e. The number of carboxylic acids is 1. The Labute approximate surface area is 124 Å². The van der Waals surface area contributed by atoms with Gasteiger partial charge in [-0.25, -0.2) is 4.79 Å². The molecule has 0 saturated carbocycles. The van der Waals surface area contributed by atoms with Gasteiger partial charge in [0, 0.05) is 25.7 Å². The number of hydrogen-bond acceptors (Lipinski definition) is 3. The summed E-state index contributed by atoms with van der Waals surface area (Å²) in [5, 5.41) is 13.7. The lowest BCUT2D eigenvalue weighted by atomic mass is 9.98. The smallest absolute Gasteiger partial charge is 0.329 e. The lowest BCUT2D eigenvalue weighted by Crippen LogP contribution is -2.50. The van der Waals surface area contributed by atoms with Crippen LogP contribution in [0.15, 0.2) is 0 Å². The predicted octanol–water partition coefficient (Wildman–Crippen LogP) is 1.44. The Morgan fingerprint density at radius 1 is 1.38 bits per heavy atom. The number of nitrogens with zero attached hydrogens (tertiary/aromatic N) is 3. The molecule has 0 aromatic carbocycles. The van der Waals surface area contributed by atoms with Gasteiger partial charge in [0.05, 0.1) is 5.69 Å². The van der Waals surface area contributed by atoms with Gasteiger partial charge in [-0.3, -0.25) is 9.48 Å². The fourth-order valence-corrected chi connectivity index (χ4v) is 3.13. The van der Waals surface area contributed by atoms with Crippen LogP contribution < -0.4 is 0 Å². The highest BCUT2D eigenvalue weighted by Crippen LogP contribution is 2.30. The summed E-state index contributed by atoms with van der Waals surface area (Å²) in [4.78, 5) is 25.3. The summed E-state index contributed by atoms with van der Waals surface area (Å²) in [6.45, 7) is 6.09. The number of amides is 1. The molecule has 21 heavy (non-hydrogen) atoms. The van der Waals surface area contributed by atoms with Crippen LogP contribution >= 0.6 is 0 Å². The number of carboxylic acid groups (broad SMARTS) is 1. The summed E-state index contributed by atoms with van der Waals surface area (Å²) in [5.74, 6) is -0.998. The minimum absolute atomic E-state index is 0.0833. The van der Waals surface area contributed by atoms with Gasteiger partial charge in [-0.05, 0) is 45.6 Å². The van der Waals surface area contributed by atoms with E-state index in [4.69, 9.17) is 0 Å². The second-order valence-corrected chi connectivity index (χ2v) is 6.00. The summed E-state index contributed by atoms with van der Waals surface area (Å²) < 4.78 is 1.81. The van der Waals surface area contributed by atoms with Gasteiger partial charge in [0.25, 0.3) is 0 Å². The number of rotatable bonds is 4. The molecule has 1 aliphatic rings. The number of likely N-dealkylation sites (tertiary alicyclic amines) is 1. The maximum atomic E-state index is 12.4. The highest BCUT2D eigenvalue weighted by Gasteiger charge is 2.45. The van der Waals surface area contributed by atoms with Crippen molar-refractivity contribution in [2.24, 2.45) is 7.05 Å². The van der Waals surface area contributed by atoms with Gasteiger partial charge in [-0.15, -0.1) is 0 Å². The highest BCUT2D eigenvalue weighted by molar-refractivity contribution is 5.87. The van der Waals surface area contributed by atoms with Gasteiger partial charge in [0.1, 0.15) is 5.54 Å². The van der Waals surface area contributed by atoms with Crippen molar-refractivity contribution < 1.29 is 14.7 Å². The molecular weight excluding hydrogens is 270 g/mol. The highest BCUT2D eigenvalue weighted by atomic mass is 16.4. The summed E-state index contributed by atoms with van der Waals surface area (Å²) in [6.07, 6.45) is 2.21. The molecule has 1 unspecified atom stereocenters. The fourth-order valence-electron chi connectivity index (χ4n) is 3.13. The number of carbonyl (C=O) groups is 2.